The van der Waals surface area contributed by atoms with Crippen molar-refractivity contribution in [2.75, 3.05) is 35.1 Å². The Morgan fingerprint density at radius 2 is 1.24 bits per heavy atom. The lowest BCUT2D eigenvalue weighted by molar-refractivity contribution is 0.103. The zero-order valence-electron chi connectivity index (χ0n) is 21.7. The molecule has 9 nitrogen and oxygen atoms in total. The van der Waals surface area contributed by atoms with Crippen LogP contribution in [0.1, 0.15) is 30.4 Å². The number of ether oxygens (including phenoxy) is 1. The lowest BCUT2D eigenvalue weighted by Crippen LogP contribution is -2.37. The molecule has 3 aromatic rings. The van der Waals surface area contributed by atoms with Gasteiger partial charge in [-0.1, -0.05) is 42.5 Å². The molecule has 2 atom stereocenters. The molecule has 0 spiro atoms. The first-order valence-electron chi connectivity index (χ1n) is 12.1. The lowest BCUT2D eigenvalue weighted by atomic mass is 9.86. The number of anilines is 2. The molecule has 11 heteroatoms. The fourth-order valence-electron chi connectivity index (χ4n) is 4.00. The molecule has 0 bridgehead atoms. The van der Waals surface area contributed by atoms with E-state index < -0.39 is 26.2 Å². The maximum atomic E-state index is 11.6. The largest absolute Gasteiger partial charge is 0.491 e. The van der Waals surface area contributed by atoms with Crippen molar-refractivity contribution in [3.8, 4) is 5.75 Å². The van der Waals surface area contributed by atoms with Crippen LogP contribution in [0.4, 0.5) is 11.4 Å². The van der Waals surface area contributed by atoms with Crippen molar-refractivity contribution in [2.24, 2.45) is 0 Å². The molecule has 0 amide bonds. The minimum atomic E-state index is -3.39. The molecular weight excluding hydrogens is 526 g/mol. The average Bonchev–Trinajstić information content (AvgIpc) is 2.85. The highest BCUT2D eigenvalue weighted by Crippen LogP contribution is 2.31. The molecule has 0 fully saturated rings. The van der Waals surface area contributed by atoms with Crippen LogP contribution in [0, 0.1) is 0 Å². The van der Waals surface area contributed by atoms with Gasteiger partial charge < -0.3 is 15.2 Å². The number of benzene rings is 3. The molecule has 0 saturated heterocycles. The highest BCUT2D eigenvalue weighted by molar-refractivity contribution is 7.92. The molecule has 0 radical (unpaired) electrons. The Morgan fingerprint density at radius 1 is 0.763 bits per heavy atom. The van der Waals surface area contributed by atoms with Gasteiger partial charge in [-0.2, -0.15) is 0 Å². The highest BCUT2D eigenvalue weighted by atomic mass is 32.2. The first-order valence-corrected chi connectivity index (χ1v) is 15.9. The Hall–Kier alpha value is -3.12. The van der Waals surface area contributed by atoms with Crippen LogP contribution in [0.15, 0.2) is 78.9 Å². The van der Waals surface area contributed by atoms with Gasteiger partial charge in [0.2, 0.25) is 20.0 Å². The fraction of sp³-hybridized carbons (Fsp3) is 0.333. The summed E-state index contributed by atoms with van der Waals surface area (Å²) in [6.45, 7) is 2.53. The Morgan fingerprint density at radius 3 is 1.68 bits per heavy atom. The summed E-state index contributed by atoms with van der Waals surface area (Å²) in [7, 11) is -6.78. The zero-order chi connectivity index (χ0) is 27.8. The van der Waals surface area contributed by atoms with Gasteiger partial charge in [0.25, 0.3) is 0 Å². The molecule has 0 aromatic heterocycles. The van der Waals surface area contributed by atoms with Gasteiger partial charge in [0.1, 0.15) is 18.5 Å². The van der Waals surface area contributed by atoms with Gasteiger partial charge in [0, 0.05) is 29.9 Å². The summed E-state index contributed by atoms with van der Waals surface area (Å²) >= 11 is 0. The number of aliphatic hydroxyl groups is 1. The third-order valence-electron chi connectivity index (χ3n) is 5.71. The summed E-state index contributed by atoms with van der Waals surface area (Å²) in [6.07, 6.45) is 2.17. The van der Waals surface area contributed by atoms with Crippen molar-refractivity contribution in [1.82, 2.24) is 5.32 Å². The second-order valence-corrected chi connectivity index (χ2v) is 12.9. The first kappa shape index (κ1) is 29.4. The van der Waals surface area contributed by atoms with Crippen molar-refractivity contribution < 1.29 is 26.7 Å². The SMILES string of the molecule is C[C@@H](CC(c1ccc(NS(C)(=O)=O)cc1)c1ccc(NS(C)(=O)=O)cc1)NC[C@H](O)COc1ccccc1. The minimum Gasteiger partial charge on any atom is -0.491 e. The number of nitrogens with one attached hydrogen (secondary N) is 3. The number of aliphatic hydroxyl groups excluding tert-OH is 1. The smallest absolute Gasteiger partial charge is 0.229 e. The molecule has 3 rings (SSSR count). The molecule has 0 aliphatic rings. The molecule has 0 heterocycles. The Labute approximate surface area is 225 Å². The van der Waals surface area contributed by atoms with Crippen LogP contribution in [0.25, 0.3) is 0 Å². The maximum Gasteiger partial charge on any atom is 0.229 e. The van der Waals surface area contributed by atoms with E-state index in [4.69, 9.17) is 4.74 Å². The van der Waals surface area contributed by atoms with E-state index in [1.165, 1.54) is 0 Å². The van der Waals surface area contributed by atoms with Gasteiger partial charge in [0.15, 0.2) is 0 Å². The van der Waals surface area contributed by atoms with Gasteiger partial charge in [-0.25, -0.2) is 16.8 Å². The average molecular weight is 562 g/mol. The summed E-state index contributed by atoms with van der Waals surface area (Å²) in [5.41, 5.74) is 2.87. The standard InChI is InChI=1S/C27H35N3O6S2/c1-20(28-18-25(31)19-36-26-7-5-4-6-8-26)17-27(21-9-13-23(14-10-21)29-37(2,32)33)22-11-15-24(16-12-22)30-38(3,34)35/h4-16,20,25,27-31H,17-19H2,1-3H3/t20-,25-/m0/s1. The van der Waals surface area contributed by atoms with Crippen molar-refractivity contribution in [3.05, 3.63) is 90.0 Å². The predicted molar refractivity (Wildman–Crippen MR) is 152 cm³/mol. The number of hydrogen-bond donors (Lipinski definition) is 4. The molecule has 0 aliphatic heterocycles. The van der Waals surface area contributed by atoms with Crippen molar-refractivity contribution >= 4 is 31.4 Å². The molecular formula is C27H35N3O6S2. The Balaban J connectivity index is 1.70. The topological polar surface area (TPSA) is 134 Å². The van der Waals surface area contributed by atoms with Crippen molar-refractivity contribution in [1.29, 1.82) is 0 Å². The first-order chi connectivity index (χ1) is 17.9. The molecule has 0 unspecified atom stereocenters. The van der Waals surface area contributed by atoms with Gasteiger partial charge in [-0.3, -0.25) is 9.44 Å². The van der Waals surface area contributed by atoms with Crippen LogP contribution in [0.3, 0.4) is 0 Å². The van der Waals surface area contributed by atoms with Crippen LogP contribution >= 0.6 is 0 Å². The normalized spacial score (nSPS) is 13.6. The Bertz CT molecular complexity index is 1290. The number of sulfonamides is 2. The third kappa shape index (κ3) is 10.3. The van der Waals surface area contributed by atoms with E-state index in [0.717, 1.165) is 23.6 Å². The maximum absolute atomic E-state index is 11.6. The number of rotatable bonds is 14. The number of hydrogen-bond acceptors (Lipinski definition) is 7. The fourth-order valence-corrected chi connectivity index (χ4v) is 5.13. The third-order valence-corrected chi connectivity index (χ3v) is 6.92. The lowest BCUT2D eigenvalue weighted by Gasteiger charge is -2.24. The van der Waals surface area contributed by atoms with Gasteiger partial charge >= 0.3 is 0 Å². The molecule has 0 aliphatic carbocycles. The van der Waals surface area contributed by atoms with E-state index in [-0.39, 0.29) is 18.6 Å². The second-order valence-electron chi connectivity index (χ2n) is 9.37. The predicted octanol–water partition coefficient (Wildman–Crippen LogP) is 3.37. The summed E-state index contributed by atoms with van der Waals surface area (Å²) in [5.74, 6) is 0.622. The summed E-state index contributed by atoms with van der Waals surface area (Å²) in [6, 6.07) is 23.7. The molecule has 38 heavy (non-hydrogen) atoms. The van der Waals surface area contributed by atoms with Gasteiger partial charge in [-0.15, -0.1) is 0 Å². The monoisotopic (exact) mass is 561 g/mol. The van der Waals surface area contributed by atoms with E-state index in [0.29, 0.717) is 30.1 Å². The molecule has 206 valence electrons. The van der Waals surface area contributed by atoms with E-state index >= 15 is 0 Å². The quantitative estimate of drug-likeness (QED) is 0.237. The zero-order valence-corrected chi connectivity index (χ0v) is 23.3. The second kappa shape index (κ2) is 13.1. The molecule has 0 saturated carbocycles. The van der Waals surface area contributed by atoms with E-state index in [1.807, 2.05) is 61.5 Å². The van der Waals surface area contributed by atoms with Crippen LogP contribution in [-0.2, 0) is 20.0 Å². The van der Waals surface area contributed by atoms with Crippen LogP contribution in [0.2, 0.25) is 0 Å². The van der Waals surface area contributed by atoms with Crippen molar-refractivity contribution in [3.63, 3.8) is 0 Å². The molecule has 3 aromatic carbocycles. The van der Waals surface area contributed by atoms with E-state index in [1.54, 1.807) is 24.3 Å². The van der Waals surface area contributed by atoms with E-state index in [9.17, 15) is 21.9 Å². The van der Waals surface area contributed by atoms with Crippen LogP contribution in [0.5, 0.6) is 5.75 Å². The summed E-state index contributed by atoms with van der Waals surface area (Å²) < 4.78 is 56.9. The molecule has 4 N–H and O–H groups in total. The van der Waals surface area contributed by atoms with Crippen molar-refractivity contribution in [2.45, 2.75) is 31.4 Å². The minimum absolute atomic E-state index is 0.00835. The number of para-hydroxylation sites is 1. The van der Waals surface area contributed by atoms with Crippen LogP contribution < -0.4 is 19.5 Å². The van der Waals surface area contributed by atoms with Gasteiger partial charge in [-0.05, 0) is 60.9 Å². The van der Waals surface area contributed by atoms with E-state index in [2.05, 4.69) is 14.8 Å². The van der Waals surface area contributed by atoms with Crippen LogP contribution in [-0.4, -0.2) is 59.8 Å². The summed E-state index contributed by atoms with van der Waals surface area (Å²) in [4.78, 5) is 0. The van der Waals surface area contributed by atoms with Gasteiger partial charge in [0.05, 0.1) is 12.5 Å². The highest BCUT2D eigenvalue weighted by Gasteiger charge is 2.19. The summed E-state index contributed by atoms with van der Waals surface area (Å²) in [5, 5.41) is 13.7. The Kier molecular flexibility index (Phi) is 10.1.